The van der Waals surface area contributed by atoms with Crippen LogP contribution >= 0.6 is 0 Å². The normalized spacial score (nSPS) is 12.0. The van der Waals surface area contributed by atoms with Gasteiger partial charge in [-0.15, -0.1) is 0 Å². The number of alkyl halides is 3. The Hall–Kier alpha value is -1.58. The summed E-state index contributed by atoms with van der Waals surface area (Å²) in [5.74, 6) is 0. The predicted molar refractivity (Wildman–Crippen MR) is 50.1 cm³/mol. The molecule has 1 nitrogen and oxygen atoms in total. The molecule has 1 aromatic carbocycles. The van der Waals surface area contributed by atoms with Crippen LogP contribution in [0.5, 0.6) is 0 Å². The van der Waals surface area contributed by atoms with Gasteiger partial charge in [-0.2, -0.15) is 13.2 Å². The van der Waals surface area contributed by atoms with Gasteiger partial charge in [-0.05, 0) is 18.2 Å². The van der Waals surface area contributed by atoms with Crippen molar-refractivity contribution in [1.29, 1.82) is 0 Å². The van der Waals surface area contributed by atoms with Crippen molar-refractivity contribution in [3.05, 3.63) is 42.1 Å². The topological polar surface area (TPSA) is 3.88 Å². The van der Waals surface area contributed by atoms with Crippen LogP contribution in [0.2, 0.25) is 0 Å². The molecule has 1 aromatic heterocycles. The summed E-state index contributed by atoms with van der Waals surface area (Å²) in [6.45, 7) is 0. The minimum Gasteiger partial charge on any atom is -0.201 e. The molecule has 78 valence electrons. The fourth-order valence-corrected chi connectivity index (χ4v) is 1.54. The quantitative estimate of drug-likeness (QED) is 0.591. The smallest absolute Gasteiger partial charge is 0.201 e. The SMILES string of the molecule is C[n+]1cccc2cc(C(F)(F)F)ccc21. The van der Waals surface area contributed by atoms with Crippen LogP contribution < -0.4 is 4.57 Å². The first-order valence-corrected chi connectivity index (χ1v) is 4.44. The predicted octanol–water partition coefficient (Wildman–Crippen LogP) is 2.68. The molecule has 15 heavy (non-hydrogen) atoms. The van der Waals surface area contributed by atoms with Gasteiger partial charge in [0.1, 0.15) is 7.05 Å². The van der Waals surface area contributed by atoms with Gasteiger partial charge >= 0.3 is 6.18 Å². The largest absolute Gasteiger partial charge is 0.416 e. The molecule has 0 aliphatic heterocycles. The summed E-state index contributed by atoms with van der Waals surface area (Å²) in [6.07, 6.45) is -2.47. The first-order valence-electron chi connectivity index (χ1n) is 4.44. The van der Waals surface area contributed by atoms with Gasteiger partial charge in [-0.25, -0.2) is 4.57 Å². The Morgan fingerprint density at radius 1 is 1.13 bits per heavy atom. The van der Waals surface area contributed by atoms with E-state index in [1.54, 1.807) is 29.9 Å². The molecule has 2 rings (SSSR count). The molecule has 4 heteroatoms. The van der Waals surface area contributed by atoms with E-state index in [0.717, 1.165) is 17.6 Å². The van der Waals surface area contributed by atoms with Crippen molar-refractivity contribution in [3.8, 4) is 0 Å². The molecular formula is C11H9F3N+. The lowest BCUT2D eigenvalue weighted by Gasteiger charge is -2.06. The lowest BCUT2D eigenvalue weighted by atomic mass is 10.1. The standard InChI is InChI=1S/C11H9F3N/c1-15-6-2-3-8-7-9(11(12,13)14)4-5-10(8)15/h2-7H,1H3/q+1. The van der Waals surface area contributed by atoms with Crippen molar-refractivity contribution < 1.29 is 17.7 Å². The number of halogens is 3. The van der Waals surface area contributed by atoms with Crippen LogP contribution in [0.3, 0.4) is 0 Å². The summed E-state index contributed by atoms with van der Waals surface area (Å²) in [5.41, 5.74) is 0.173. The molecule has 0 saturated carbocycles. The van der Waals surface area contributed by atoms with Crippen molar-refractivity contribution in [3.63, 3.8) is 0 Å². The fourth-order valence-electron chi connectivity index (χ4n) is 1.54. The van der Waals surface area contributed by atoms with E-state index >= 15 is 0 Å². The van der Waals surface area contributed by atoms with Crippen LogP contribution in [0.4, 0.5) is 13.2 Å². The van der Waals surface area contributed by atoms with Crippen LogP contribution in [0, 0.1) is 0 Å². The van der Waals surface area contributed by atoms with Gasteiger partial charge in [-0.3, -0.25) is 0 Å². The highest BCUT2D eigenvalue weighted by atomic mass is 19.4. The van der Waals surface area contributed by atoms with Crippen molar-refractivity contribution in [1.82, 2.24) is 0 Å². The van der Waals surface area contributed by atoms with Crippen LogP contribution in [0.25, 0.3) is 10.9 Å². The van der Waals surface area contributed by atoms with Gasteiger partial charge in [0.2, 0.25) is 5.52 Å². The lowest BCUT2D eigenvalue weighted by molar-refractivity contribution is -0.644. The third-order valence-corrected chi connectivity index (χ3v) is 2.32. The van der Waals surface area contributed by atoms with E-state index in [-0.39, 0.29) is 0 Å². The Labute approximate surface area is 84.8 Å². The molecule has 0 atom stereocenters. The Morgan fingerprint density at radius 2 is 1.87 bits per heavy atom. The highest BCUT2D eigenvalue weighted by Gasteiger charge is 2.30. The molecule has 0 radical (unpaired) electrons. The van der Waals surface area contributed by atoms with Crippen molar-refractivity contribution in [2.75, 3.05) is 0 Å². The number of hydrogen-bond acceptors (Lipinski definition) is 0. The van der Waals surface area contributed by atoms with Crippen LogP contribution in [-0.4, -0.2) is 0 Å². The summed E-state index contributed by atoms with van der Waals surface area (Å²) in [7, 11) is 1.80. The highest BCUT2D eigenvalue weighted by Crippen LogP contribution is 2.30. The van der Waals surface area contributed by atoms with Crippen LogP contribution in [0.1, 0.15) is 5.56 Å². The van der Waals surface area contributed by atoms with Crippen molar-refractivity contribution in [2.24, 2.45) is 7.05 Å². The molecule has 0 N–H and O–H groups in total. The second kappa shape index (κ2) is 3.22. The number of pyridine rings is 1. The van der Waals surface area contributed by atoms with E-state index in [1.807, 2.05) is 0 Å². The minimum atomic E-state index is -4.28. The zero-order valence-corrected chi connectivity index (χ0v) is 8.05. The summed E-state index contributed by atoms with van der Waals surface area (Å²) >= 11 is 0. The van der Waals surface area contributed by atoms with E-state index in [4.69, 9.17) is 0 Å². The molecule has 0 unspecified atom stereocenters. The number of aryl methyl sites for hydroxylation is 1. The van der Waals surface area contributed by atoms with Gasteiger partial charge in [-0.1, -0.05) is 0 Å². The lowest BCUT2D eigenvalue weighted by Crippen LogP contribution is -2.27. The van der Waals surface area contributed by atoms with Gasteiger partial charge in [0.15, 0.2) is 6.20 Å². The second-order valence-electron chi connectivity index (χ2n) is 3.39. The van der Waals surface area contributed by atoms with E-state index in [2.05, 4.69) is 0 Å². The highest BCUT2D eigenvalue weighted by molar-refractivity contribution is 5.76. The third kappa shape index (κ3) is 1.79. The molecule has 0 bridgehead atoms. The summed E-state index contributed by atoms with van der Waals surface area (Å²) in [4.78, 5) is 0. The molecule has 0 fully saturated rings. The number of fused-ring (bicyclic) bond motifs is 1. The Bertz CT molecular complexity index is 503. The molecule has 1 heterocycles. The van der Waals surface area contributed by atoms with Crippen molar-refractivity contribution in [2.45, 2.75) is 6.18 Å². The maximum absolute atomic E-state index is 12.4. The fraction of sp³-hybridized carbons (Fsp3) is 0.182. The first kappa shape index (κ1) is 9.96. The first-order chi connectivity index (χ1) is 6.98. The Kier molecular flexibility index (Phi) is 2.14. The number of hydrogen-bond donors (Lipinski definition) is 0. The van der Waals surface area contributed by atoms with Gasteiger partial charge < -0.3 is 0 Å². The van der Waals surface area contributed by atoms with E-state index in [9.17, 15) is 13.2 Å². The zero-order valence-electron chi connectivity index (χ0n) is 8.05. The summed E-state index contributed by atoms with van der Waals surface area (Å²) in [5, 5.41) is 0.592. The molecule has 0 aliphatic carbocycles. The Morgan fingerprint density at radius 3 is 2.53 bits per heavy atom. The van der Waals surface area contributed by atoms with E-state index in [1.165, 1.54) is 6.07 Å². The summed E-state index contributed by atoms with van der Waals surface area (Å²) in [6, 6.07) is 7.14. The Balaban J connectivity index is 2.68. The van der Waals surface area contributed by atoms with Gasteiger partial charge in [0.05, 0.1) is 5.56 Å². The monoisotopic (exact) mass is 212 g/mol. The van der Waals surface area contributed by atoms with Gasteiger partial charge in [0, 0.05) is 17.5 Å². The maximum atomic E-state index is 12.4. The number of nitrogens with zero attached hydrogens (tertiary/aromatic N) is 1. The maximum Gasteiger partial charge on any atom is 0.416 e. The molecule has 0 amide bonds. The zero-order chi connectivity index (χ0) is 11.1. The number of rotatable bonds is 0. The minimum absolute atomic E-state index is 0.592. The molecule has 0 aliphatic rings. The third-order valence-electron chi connectivity index (χ3n) is 2.32. The molecule has 2 aromatic rings. The molecule has 0 spiro atoms. The number of benzene rings is 1. The molecular weight excluding hydrogens is 203 g/mol. The van der Waals surface area contributed by atoms with Gasteiger partial charge in [0.25, 0.3) is 0 Å². The average molecular weight is 212 g/mol. The van der Waals surface area contributed by atoms with Crippen LogP contribution in [0.15, 0.2) is 36.5 Å². The average Bonchev–Trinajstić information content (AvgIpc) is 2.16. The van der Waals surface area contributed by atoms with Crippen LogP contribution in [-0.2, 0) is 13.2 Å². The number of aromatic nitrogens is 1. The van der Waals surface area contributed by atoms with Crippen molar-refractivity contribution >= 4 is 10.9 Å². The van der Waals surface area contributed by atoms with E-state index in [0.29, 0.717) is 5.39 Å². The van der Waals surface area contributed by atoms with E-state index < -0.39 is 11.7 Å². The second-order valence-corrected chi connectivity index (χ2v) is 3.39. The molecule has 0 saturated heterocycles. The summed E-state index contributed by atoms with van der Waals surface area (Å²) < 4.78 is 39.0.